The van der Waals surface area contributed by atoms with E-state index in [0.29, 0.717) is 17.0 Å². The fourth-order valence-corrected chi connectivity index (χ4v) is 3.65. The van der Waals surface area contributed by atoms with Gasteiger partial charge in [-0.05, 0) is 56.5 Å². The molecule has 0 aliphatic carbocycles. The molecule has 6 nitrogen and oxygen atoms in total. The Kier molecular flexibility index (Phi) is 10.1. The number of rotatable bonds is 12. The maximum Gasteiger partial charge on any atom is 0.234 e. The van der Waals surface area contributed by atoms with Crippen molar-refractivity contribution in [2.75, 3.05) is 13.1 Å². The molecule has 2 heterocycles. The largest absolute Gasteiger partial charge is 0.475 e. The summed E-state index contributed by atoms with van der Waals surface area (Å²) in [7, 11) is 0. The highest BCUT2D eigenvalue weighted by atomic mass is 35.5. The lowest BCUT2D eigenvalue weighted by molar-refractivity contribution is 0.0202. The molecule has 3 rings (SSSR count). The van der Waals surface area contributed by atoms with Crippen LogP contribution in [0, 0.1) is 6.92 Å². The van der Waals surface area contributed by atoms with E-state index >= 15 is 0 Å². The molecule has 2 aromatic heterocycles. The molecule has 0 N–H and O–H groups in total. The van der Waals surface area contributed by atoms with E-state index in [1.165, 1.54) is 25.7 Å². The maximum atomic E-state index is 13.0. The number of fused-ring (bicyclic) bond motifs is 1. The quantitative estimate of drug-likeness (QED) is 0.257. The summed E-state index contributed by atoms with van der Waals surface area (Å²) in [5, 5.41) is 0. The van der Waals surface area contributed by atoms with Crippen molar-refractivity contribution in [3.8, 4) is 5.75 Å². The summed E-state index contributed by atoms with van der Waals surface area (Å²) in [6.45, 7) is 10.6. The van der Waals surface area contributed by atoms with Gasteiger partial charge in [0, 0.05) is 30.5 Å². The molecule has 0 aliphatic rings. The number of nitrogens with zero attached hydrogens (tertiary/aromatic N) is 4. The first-order valence-corrected chi connectivity index (χ1v) is 11.4. The Bertz CT molecular complexity index is 979. The van der Waals surface area contributed by atoms with Crippen molar-refractivity contribution in [1.82, 2.24) is 19.3 Å². The molecule has 0 bridgehead atoms. The van der Waals surface area contributed by atoms with Gasteiger partial charge in [-0.3, -0.25) is 14.1 Å². The number of aryl methyl sites for hydroxylation is 1. The number of benzene rings is 1. The van der Waals surface area contributed by atoms with Crippen molar-refractivity contribution in [2.45, 2.75) is 66.0 Å². The summed E-state index contributed by atoms with van der Waals surface area (Å²) in [5.41, 5.74) is 1.99. The molecule has 0 aliphatic heterocycles. The molecule has 0 saturated heterocycles. The van der Waals surface area contributed by atoms with Crippen LogP contribution in [0.5, 0.6) is 5.75 Å². The average Bonchev–Trinajstić information content (AvgIpc) is 3.20. The lowest BCUT2D eigenvalue weighted by atomic mass is 10.1. The topological polar surface area (TPSA) is 59.7 Å². The monoisotopic (exact) mass is 458 g/mol. The highest BCUT2D eigenvalue weighted by Gasteiger charge is 2.19. The fraction of sp³-hybridized carbons (Fsp3) is 0.480. The van der Waals surface area contributed by atoms with Gasteiger partial charge in [-0.1, -0.05) is 33.6 Å². The summed E-state index contributed by atoms with van der Waals surface area (Å²) in [6.07, 6.45) is 9.08. The molecule has 3 aromatic rings. The summed E-state index contributed by atoms with van der Waals surface area (Å²) >= 11 is 0. The number of ether oxygens (including phenoxy) is 1. The van der Waals surface area contributed by atoms with Crippen LogP contribution in [0.15, 0.2) is 42.7 Å². The van der Waals surface area contributed by atoms with Gasteiger partial charge < -0.3 is 4.74 Å². The molecular weight excluding hydrogens is 424 g/mol. The van der Waals surface area contributed by atoms with Gasteiger partial charge in [-0.25, -0.2) is 9.97 Å². The van der Waals surface area contributed by atoms with Gasteiger partial charge in [-0.2, -0.15) is 0 Å². The van der Waals surface area contributed by atoms with E-state index in [9.17, 15) is 4.79 Å². The van der Waals surface area contributed by atoms with Crippen LogP contribution in [0.25, 0.3) is 5.78 Å². The lowest BCUT2D eigenvalue weighted by Gasteiger charge is -2.31. The minimum atomic E-state index is -0.0794. The molecule has 1 atom stereocenters. The van der Waals surface area contributed by atoms with Gasteiger partial charge in [0.15, 0.2) is 6.23 Å². The van der Waals surface area contributed by atoms with E-state index in [-0.39, 0.29) is 24.4 Å². The smallest absolute Gasteiger partial charge is 0.234 e. The predicted octanol–water partition coefficient (Wildman–Crippen LogP) is 5.71. The predicted molar refractivity (Wildman–Crippen MR) is 131 cm³/mol. The van der Waals surface area contributed by atoms with Crippen LogP contribution in [0.1, 0.15) is 74.6 Å². The zero-order valence-corrected chi connectivity index (χ0v) is 20.4. The first kappa shape index (κ1) is 25.8. The minimum Gasteiger partial charge on any atom is -0.475 e. The summed E-state index contributed by atoms with van der Waals surface area (Å²) < 4.78 is 8.04. The summed E-state index contributed by atoms with van der Waals surface area (Å²) in [5.74, 6) is 1.24. The highest BCUT2D eigenvalue weighted by Crippen LogP contribution is 2.20. The third-order valence-corrected chi connectivity index (χ3v) is 5.49. The molecule has 1 aromatic carbocycles. The first-order chi connectivity index (χ1) is 15.1. The number of carbonyl (C=O) groups is 1. The van der Waals surface area contributed by atoms with Crippen molar-refractivity contribution in [3.63, 3.8) is 0 Å². The molecule has 0 fully saturated rings. The fourth-order valence-electron chi connectivity index (χ4n) is 3.65. The zero-order chi connectivity index (χ0) is 22.2. The number of unbranched alkanes of at least 4 members (excludes halogenated alkanes) is 2. The highest BCUT2D eigenvalue weighted by molar-refractivity contribution is 6.08. The molecule has 1 unspecified atom stereocenters. The van der Waals surface area contributed by atoms with Crippen LogP contribution in [-0.2, 0) is 0 Å². The van der Waals surface area contributed by atoms with Crippen molar-refractivity contribution >= 4 is 24.0 Å². The van der Waals surface area contributed by atoms with Crippen LogP contribution >= 0.6 is 12.4 Å². The molecule has 0 amide bonds. The Morgan fingerprint density at radius 2 is 1.72 bits per heavy atom. The third kappa shape index (κ3) is 6.30. The van der Waals surface area contributed by atoms with Gasteiger partial charge in [0.25, 0.3) is 0 Å². The van der Waals surface area contributed by atoms with Gasteiger partial charge in [-0.15, -0.1) is 12.4 Å². The summed E-state index contributed by atoms with van der Waals surface area (Å²) in [6, 6.07) is 9.30. The summed E-state index contributed by atoms with van der Waals surface area (Å²) in [4.78, 5) is 24.1. The molecule has 32 heavy (non-hydrogen) atoms. The first-order valence-electron chi connectivity index (χ1n) is 11.4. The third-order valence-electron chi connectivity index (χ3n) is 5.49. The van der Waals surface area contributed by atoms with Gasteiger partial charge >= 0.3 is 0 Å². The van der Waals surface area contributed by atoms with Gasteiger partial charge in [0.1, 0.15) is 11.4 Å². The number of ketones is 1. The zero-order valence-electron chi connectivity index (χ0n) is 19.6. The van der Waals surface area contributed by atoms with Crippen molar-refractivity contribution in [1.29, 1.82) is 0 Å². The molecule has 174 valence electrons. The minimum absolute atomic E-state index is 0. The van der Waals surface area contributed by atoms with Crippen LogP contribution in [0.2, 0.25) is 0 Å². The number of aromatic nitrogens is 3. The van der Waals surface area contributed by atoms with Crippen LogP contribution in [-0.4, -0.2) is 44.4 Å². The normalized spacial score (nSPS) is 12.0. The van der Waals surface area contributed by atoms with Crippen molar-refractivity contribution < 1.29 is 9.53 Å². The number of carbonyl (C=O) groups excluding carboxylic acids is 1. The van der Waals surface area contributed by atoms with Gasteiger partial charge in [0.2, 0.25) is 11.6 Å². The Morgan fingerprint density at radius 1 is 1.06 bits per heavy atom. The van der Waals surface area contributed by atoms with Crippen LogP contribution in [0.3, 0.4) is 0 Å². The molecule has 7 heteroatoms. The van der Waals surface area contributed by atoms with E-state index < -0.39 is 0 Å². The second-order valence-corrected chi connectivity index (χ2v) is 7.96. The van der Waals surface area contributed by atoms with Crippen molar-refractivity contribution in [3.05, 3.63) is 59.7 Å². The Hall–Kier alpha value is -2.44. The van der Waals surface area contributed by atoms with E-state index in [1.807, 2.05) is 43.5 Å². The van der Waals surface area contributed by atoms with Gasteiger partial charge in [0.05, 0.1) is 6.20 Å². The SMILES string of the molecule is CCCCN(CCCC)C(CC)Oc1ccc(C(=O)c2cnc3nc(C)ccn23)cc1.Cl. The number of hydrogen-bond donors (Lipinski definition) is 0. The van der Waals surface area contributed by atoms with Crippen LogP contribution in [0.4, 0.5) is 0 Å². The number of imidazole rings is 1. The second-order valence-electron chi connectivity index (χ2n) is 7.96. The van der Waals surface area contributed by atoms with Crippen molar-refractivity contribution in [2.24, 2.45) is 0 Å². The maximum absolute atomic E-state index is 13.0. The van der Waals surface area contributed by atoms with E-state index in [0.717, 1.165) is 31.0 Å². The lowest BCUT2D eigenvalue weighted by Crippen LogP contribution is -2.40. The molecular formula is C25H35ClN4O2. The van der Waals surface area contributed by atoms with E-state index in [4.69, 9.17) is 4.74 Å². The number of halogens is 1. The Labute approximate surface area is 197 Å². The van der Waals surface area contributed by atoms with E-state index in [2.05, 4.69) is 35.6 Å². The second kappa shape index (κ2) is 12.6. The molecule has 0 saturated carbocycles. The number of hydrogen-bond acceptors (Lipinski definition) is 5. The Balaban J connectivity index is 0.00000363. The molecule has 0 spiro atoms. The Morgan fingerprint density at radius 3 is 2.31 bits per heavy atom. The standard InChI is InChI=1S/C25H34N4O2.ClH/c1-5-8-15-28(16-9-6-2)23(7-3)31-21-12-10-20(11-13-21)24(30)22-18-26-25-27-19(4)14-17-29(22)25;/h10-14,17-18,23H,5-9,15-16H2,1-4H3;1H. The van der Waals surface area contributed by atoms with Crippen LogP contribution < -0.4 is 4.74 Å². The van der Waals surface area contributed by atoms with E-state index in [1.54, 1.807) is 10.6 Å². The average molecular weight is 459 g/mol. The molecule has 0 radical (unpaired) electrons.